The van der Waals surface area contributed by atoms with Crippen molar-refractivity contribution in [3.05, 3.63) is 46.2 Å². The Hall–Kier alpha value is -1.62. The summed E-state index contributed by atoms with van der Waals surface area (Å²) in [7, 11) is 1.87. The molecule has 0 aliphatic carbocycles. The van der Waals surface area contributed by atoms with Gasteiger partial charge in [-0.1, -0.05) is 25.1 Å². The first-order valence-electron chi connectivity index (χ1n) is 6.62. The normalized spacial score (nSPS) is 10.6. The molecule has 0 fully saturated rings. The standard InChI is InChI=1S/C15H18BrN3O/c1-3-13-15(16)14(19(2)18-13)9-12(20)10-17-11-7-5-4-6-8-11/h4-8,17H,3,9-10H2,1-2H3. The molecular weight excluding hydrogens is 318 g/mol. The van der Waals surface area contributed by atoms with E-state index in [9.17, 15) is 4.79 Å². The Morgan fingerprint density at radius 1 is 1.35 bits per heavy atom. The Kier molecular flexibility index (Phi) is 4.95. The average Bonchev–Trinajstić information content (AvgIpc) is 2.73. The van der Waals surface area contributed by atoms with Gasteiger partial charge in [-0.25, -0.2) is 0 Å². The summed E-state index contributed by atoms with van der Waals surface area (Å²) < 4.78 is 2.74. The lowest BCUT2D eigenvalue weighted by atomic mass is 10.2. The van der Waals surface area contributed by atoms with Gasteiger partial charge in [0, 0.05) is 12.7 Å². The molecule has 0 atom stereocenters. The molecule has 1 N–H and O–H groups in total. The van der Waals surface area contributed by atoms with E-state index >= 15 is 0 Å². The van der Waals surface area contributed by atoms with Crippen LogP contribution in [-0.4, -0.2) is 22.1 Å². The van der Waals surface area contributed by atoms with Crippen molar-refractivity contribution < 1.29 is 4.79 Å². The minimum absolute atomic E-state index is 0.139. The molecule has 0 saturated carbocycles. The summed E-state index contributed by atoms with van der Waals surface area (Å²) in [4.78, 5) is 12.1. The van der Waals surface area contributed by atoms with E-state index in [-0.39, 0.29) is 5.78 Å². The highest BCUT2D eigenvalue weighted by Gasteiger charge is 2.15. The zero-order valence-corrected chi connectivity index (χ0v) is 13.3. The molecule has 5 heteroatoms. The second kappa shape index (κ2) is 6.70. The van der Waals surface area contributed by atoms with Crippen molar-refractivity contribution in [3.63, 3.8) is 0 Å². The van der Waals surface area contributed by atoms with E-state index < -0.39 is 0 Å². The summed E-state index contributed by atoms with van der Waals surface area (Å²) >= 11 is 3.53. The fraction of sp³-hybridized carbons (Fsp3) is 0.333. The van der Waals surface area contributed by atoms with E-state index in [0.29, 0.717) is 13.0 Å². The van der Waals surface area contributed by atoms with Crippen molar-refractivity contribution in [2.45, 2.75) is 19.8 Å². The minimum Gasteiger partial charge on any atom is -0.378 e. The first-order chi connectivity index (χ1) is 9.61. The molecule has 0 amide bonds. The summed E-state index contributed by atoms with van der Waals surface area (Å²) in [6.45, 7) is 2.37. The van der Waals surface area contributed by atoms with Crippen molar-refractivity contribution in [3.8, 4) is 0 Å². The Bertz CT molecular complexity index is 593. The Morgan fingerprint density at radius 2 is 2.05 bits per heavy atom. The highest BCUT2D eigenvalue weighted by atomic mass is 79.9. The molecule has 1 aromatic heterocycles. The van der Waals surface area contributed by atoms with Crippen molar-refractivity contribution >= 4 is 27.4 Å². The maximum absolute atomic E-state index is 12.1. The molecule has 2 aromatic rings. The molecule has 0 aliphatic rings. The molecule has 0 aliphatic heterocycles. The number of para-hydroxylation sites is 1. The number of halogens is 1. The molecule has 4 nitrogen and oxygen atoms in total. The van der Waals surface area contributed by atoms with Crippen LogP contribution in [0.25, 0.3) is 0 Å². The van der Waals surface area contributed by atoms with Gasteiger partial charge in [0.25, 0.3) is 0 Å². The maximum atomic E-state index is 12.1. The third-order valence-corrected chi connectivity index (χ3v) is 4.05. The number of ketones is 1. The van der Waals surface area contributed by atoms with Crippen LogP contribution >= 0.6 is 15.9 Å². The quantitative estimate of drug-likeness (QED) is 0.882. The molecule has 1 aromatic carbocycles. The molecule has 0 radical (unpaired) electrons. The van der Waals surface area contributed by atoms with Gasteiger partial charge in [-0.15, -0.1) is 0 Å². The van der Waals surface area contributed by atoms with Crippen LogP contribution in [0.4, 0.5) is 5.69 Å². The van der Waals surface area contributed by atoms with Crippen LogP contribution in [-0.2, 0) is 24.7 Å². The monoisotopic (exact) mass is 335 g/mol. The van der Waals surface area contributed by atoms with Gasteiger partial charge in [0.2, 0.25) is 0 Å². The van der Waals surface area contributed by atoms with Crippen molar-refractivity contribution in [2.75, 3.05) is 11.9 Å². The Morgan fingerprint density at radius 3 is 2.65 bits per heavy atom. The van der Waals surface area contributed by atoms with Gasteiger partial charge in [0.1, 0.15) is 0 Å². The van der Waals surface area contributed by atoms with Gasteiger partial charge in [0.15, 0.2) is 5.78 Å². The van der Waals surface area contributed by atoms with Gasteiger partial charge in [-0.3, -0.25) is 9.48 Å². The number of benzene rings is 1. The molecule has 1 heterocycles. The fourth-order valence-corrected chi connectivity index (χ4v) is 2.77. The smallest absolute Gasteiger partial charge is 0.157 e. The fourth-order valence-electron chi connectivity index (χ4n) is 2.02. The number of rotatable bonds is 6. The van der Waals surface area contributed by atoms with Crippen molar-refractivity contribution in [2.24, 2.45) is 7.05 Å². The lowest BCUT2D eigenvalue weighted by Gasteiger charge is -2.06. The van der Waals surface area contributed by atoms with Crippen molar-refractivity contribution in [1.29, 1.82) is 0 Å². The van der Waals surface area contributed by atoms with Crippen LogP contribution in [0.1, 0.15) is 18.3 Å². The summed E-state index contributed by atoms with van der Waals surface area (Å²) in [5, 5.41) is 7.53. The number of hydrogen-bond acceptors (Lipinski definition) is 3. The third kappa shape index (κ3) is 3.48. The van der Waals surface area contributed by atoms with Crippen LogP contribution < -0.4 is 5.32 Å². The number of aromatic nitrogens is 2. The first kappa shape index (κ1) is 14.8. The number of hydrogen-bond donors (Lipinski definition) is 1. The summed E-state index contributed by atoms with van der Waals surface area (Å²) in [5.41, 5.74) is 2.88. The minimum atomic E-state index is 0.139. The number of carbonyl (C=O) groups excluding carboxylic acids is 1. The van der Waals surface area contributed by atoms with Gasteiger partial charge >= 0.3 is 0 Å². The number of anilines is 1. The van der Waals surface area contributed by atoms with Crippen LogP contribution in [0.15, 0.2) is 34.8 Å². The highest BCUT2D eigenvalue weighted by molar-refractivity contribution is 9.10. The molecule has 2 rings (SSSR count). The molecule has 20 heavy (non-hydrogen) atoms. The lowest BCUT2D eigenvalue weighted by molar-refractivity contribution is -0.116. The highest BCUT2D eigenvalue weighted by Crippen LogP contribution is 2.22. The van der Waals surface area contributed by atoms with E-state index in [1.165, 1.54) is 0 Å². The van der Waals surface area contributed by atoms with E-state index in [1.807, 2.05) is 37.4 Å². The Labute approximate surface area is 127 Å². The zero-order chi connectivity index (χ0) is 14.5. The predicted octanol–water partition coefficient (Wildman–Crippen LogP) is 2.97. The number of nitrogens with one attached hydrogen (secondary N) is 1. The average molecular weight is 336 g/mol. The third-order valence-electron chi connectivity index (χ3n) is 3.13. The second-order valence-corrected chi connectivity index (χ2v) is 5.41. The van der Waals surface area contributed by atoms with E-state index in [0.717, 1.165) is 28.0 Å². The van der Waals surface area contributed by atoms with Gasteiger partial charge in [0.05, 0.1) is 28.8 Å². The van der Waals surface area contributed by atoms with Gasteiger partial charge in [-0.2, -0.15) is 5.10 Å². The number of nitrogens with zero attached hydrogens (tertiary/aromatic N) is 2. The topological polar surface area (TPSA) is 46.9 Å². The van der Waals surface area contributed by atoms with Crippen LogP contribution in [0.5, 0.6) is 0 Å². The van der Waals surface area contributed by atoms with E-state index in [2.05, 4.69) is 33.3 Å². The number of Topliss-reactive ketones (excluding diaryl/α,β-unsaturated/α-hetero) is 1. The zero-order valence-electron chi connectivity index (χ0n) is 11.7. The SMILES string of the molecule is CCc1nn(C)c(CC(=O)CNc2ccccc2)c1Br. The molecule has 0 spiro atoms. The number of aryl methyl sites for hydroxylation is 2. The molecular formula is C15H18BrN3O. The Balaban J connectivity index is 1.97. The van der Waals surface area contributed by atoms with Gasteiger partial charge in [-0.05, 0) is 34.5 Å². The number of carbonyl (C=O) groups is 1. The lowest BCUT2D eigenvalue weighted by Crippen LogP contribution is -2.17. The molecule has 0 unspecified atom stereocenters. The molecule has 0 bridgehead atoms. The van der Waals surface area contributed by atoms with Crippen LogP contribution in [0.3, 0.4) is 0 Å². The van der Waals surface area contributed by atoms with Gasteiger partial charge < -0.3 is 5.32 Å². The van der Waals surface area contributed by atoms with Crippen LogP contribution in [0, 0.1) is 0 Å². The van der Waals surface area contributed by atoms with E-state index in [4.69, 9.17) is 0 Å². The summed E-state index contributed by atoms with van der Waals surface area (Å²) in [6.07, 6.45) is 1.23. The van der Waals surface area contributed by atoms with E-state index in [1.54, 1.807) is 4.68 Å². The summed E-state index contributed by atoms with van der Waals surface area (Å²) in [5.74, 6) is 0.139. The first-order valence-corrected chi connectivity index (χ1v) is 7.42. The second-order valence-electron chi connectivity index (χ2n) is 4.62. The molecule has 0 saturated heterocycles. The van der Waals surface area contributed by atoms with Crippen LogP contribution in [0.2, 0.25) is 0 Å². The summed E-state index contributed by atoms with van der Waals surface area (Å²) in [6, 6.07) is 9.73. The predicted molar refractivity (Wildman–Crippen MR) is 83.9 cm³/mol. The van der Waals surface area contributed by atoms with Crippen molar-refractivity contribution in [1.82, 2.24) is 9.78 Å². The molecule has 106 valence electrons. The maximum Gasteiger partial charge on any atom is 0.157 e. The largest absolute Gasteiger partial charge is 0.378 e.